The average molecular weight is 388 g/mol. The first-order chi connectivity index (χ1) is 13.9. The van der Waals surface area contributed by atoms with E-state index >= 15 is 0 Å². The molecule has 0 aliphatic carbocycles. The van der Waals surface area contributed by atoms with E-state index in [9.17, 15) is 9.59 Å². The number of hydrogen-bond donors (Lipinski definition) is 1. The topological polar surface area (TPSA) is 90.0 Å². The van der Waals surface area contributed by atoms with E-state index in [0.717, 1.165) is 16.6 Å². The van der Waals surface area contributed by atoms with Gasteiger partial charge in [0, 0.05) is 22.6 Å². The van der Waals surface area contributed by atoms with Crippen LogP contribution in [-0.4, -0.2) is 26.5 Å². The SMILES string of the molecule is CC(=O)c1ccc(-c2ccc(C(=O)Nc3cnc4c(cnn4C(C)C)c3)o2)cc1. The van der Waals surface area contributed by atoms with Crippen molar-refractivity contribution in [3.8, 4) is 11.3 Å². The van der Waals surface area contributed by atoms with Crippen LogP contribution in [0.2, 0.25) is 0 Å². The smallest absolute Gasteiger partial charge is 0.291 e. The fraction of sp³-hybridized carbons (Fsp3) is 0.182. The van der Waals surface area contributed by atoms with E-state index < -0.39 is 0 Å². The molecule has 0 saturated heterocycles. The Morgan fingerprint density at radius 2 is 1.83 bits per heavy atom. The fourth-order valence-corrected chi connectivity index (χ4v) is 3.06. The number of carbonyl (C=O) groups is 2. The minimum Gasteiger partial charge on any atom is -0.451 e. The highest BCUT2D eigenvalue weighted by Gasteiger charge is 2.14. The van der Waals surface area contributed by atoms with Gasteiger partial charge in [-0.15, -0.1) is 0 Å². The highest BCUT2D eigenvalue weighted by molar-refractivity contribution is 6.03. The van der Waals surface area contributed by atoms with Gasteiger partial charge in [0.15, 0.2) is 17.2 Å². The summed E-state index contributed by atoms with van der Waals surface area (Å²) in [6.45, 7) is 5.59. The number of benzene rings is 1. The van der Waals surface area contributed by atoms with Gasteiger partial charge in [0.05, 0.1) is 18.1 Å². The Kier molecular flexibility index (Phi) is 4.72. The van der Waals surface area contributed by atoms with Gasteiger partial charge in [-0.1, -0.05) is 24.3 Å². The number of Topliss-reactive ketones (excluding diaryl/α,β-unsaturated/α-hetero) is 1. The van der Waals surface area contributed by atoms with Crippen molar-refractivity contribution in [1.29, 1.82) is 0 Å². The molecule has 4 rings (SSSR count). The van der Waals surface area contributed by atoms with Crippen LogP contribution in [0.25, 0.3) is 22.4 Å². The molecule has 0 aliphatic rings. The fourth-order valence-electron chi connectivity index (χ4n) is 3.06. The summed E-state index contributed by atoms with van der Waals surface area (Å²) in [6, 6.07) is 12.4. The van der Waals surface area contributed by atoms with Crippen LogP contribution < -0.4 is 5.32 Å². The molecule has 1 aromatic carbocycles. The average Bonchev–Trinajstić information content (AvgIpc) is 3.35. The molecule has 7 nitrogen and oxygen atoms in total. The summed E-state index contributed by atoms with van der Waals surface area (Å²) < 4.78 is 7.52. The maximum absolute atomic E-state index is 12.6. The summed E-state index contributed by atoms with van der Waals surface area (Å²) in [4.78, 5) is 28.4. The summed E-state index contributed by atoms with van der Waals surface area (Å²) in [5.41, 5.74) is 2.75. The van der Waals surface area contributed by atoms with Crippen LogP contribution >= 0.6 is 0 Å². The lowest BCUT2D eigenvalue weighted by atomic mass is 10.1. The Morgan fingerprint density at radius 1 is 1.07 bits per heavy atom. The molecule has 7 heteroatoms. The number of anilines is 1. The van der Waals surface area contributed by atoms with Gasteiger partial charge >= 0.3 is 0 Å². The van der Waals surface area contributed by atoms with Crippen molar-refractivity contribution in [2.24, 2.45) is 0 Å². The van der Waals surface area contributed by atoms with Gasteiger partial charge in [0.1, 0.15) is 5.76 Å². The molecule has 1 amide bonds. The standard InChI is InChI=1S/C22H20N4O3/c1-13(2)26-21-17(11-24-26)10-18(12-23-21)25-22(28)20-9-8-19(29-20)16-6-4-15(5-7-16)14(3)27/h4-13H,1-3H3,(H,25,28). The van der Waals surface area contributed by atoms with Gasteiger partial charge < -0.3 is 9.73 Å². The van der Waals surface area contributed by atoms with Crippen LogP contribution in [0.3, 0.4) is 0 Å². The van der Waals surface area contributed by atoms with E-state index in [0.29, 0.717) is 17.0 Å². The monoisotopic (exact) mass is 388 g/mol. The summed E-state index contributed by atoms with van der Waals surface area (Å²) in [6.07, 6.45) is 3.33. The zero-order valence-corrected chi connectivity index (χ0v) is 16.3. The quantitative estimate of drug-likeness (QED) is 0.499. The molecule has 0 saturated carbocycles. The minimum absolute atomic E-state index is 0.000535. The van der Waals surface area contributed by atoms with Crippen molar-refractivity contribution in [2.45, 2.75) is 26.8 Å². The molecule has 0 fully saturated rings. The third-order valence-corrected chi connectivity index (χ3v) is 4.59. The number of fused-ring (bicyclic) bond motifs is 1. The van der Waals surface area contributed by atoms with Crippen LogP contribution in [0.5, 0.6) is 0 Å². The molecule has 0 spiro atoms. The first kappa shape index (κ1) is 18.6. The number of hydrogen-bond acceptors (Lipinski definition) is 5. The third kappa shape index (κ3) is 3.67. The van der Waals surface area contributed by atoms with E-state index in [-0.39, 0.29) is 23.5 Å². The largest absolute Gasteiger partial charge is 0.451 e. The number of ketones is 1. The van der Waals surface area contributed by atoms with Crippen molar-refractivity contribution in [3.63, 3.8) is 0 Å². The zero-order chi connectivity index (χ0) is 20.5. The second kappa shape index (κ2) is 7.35. The number of furan rings is 1. The van der Waals surface area contributed by atoms with E-state index in [1.807, 2.05) is 24.6 Å². The number of carbonyl (C=O) groups excluding carboxylic acids is 2. The Labute approximate surface area is 167 Å². The van der Waals surface area contributed by atoms with Crippen molar-refractivity contribution in [1.82, 2.24) is 14.8 Å². The van der Waals surface area contributed by atoms with Crippen molar-refractivity contribution in [2.75, 3.05) is 5.32 Å². The molecular formula is C22H20N4O3. The number of rotatable bonds is 5. The summed E-state index contributed by atoms with van der Waals surface area (Å²) in [7, 11) is 0. The lowest BCUT2D eigenvalue weighted by molar-refractivity contribution is 0.0994. The number of nitrogens with zero attached hydrogens (tertiary/aromatic N) is 3. The number of pyridine rings is 1. The maximum Gasteiger partial charge on any atom is 0.291 e. The lowest BCUT2D eigenvalue weighted by Crippen LogP contribution is -2.11. The lowest BCUT2D eigenvalue weighted by Gasteiger charge is -2.07. The number of nitrogens with one attached hydrogen (secondary N) is 1. The molecule has 3 heterocycles. The first-order valence-corrected chi connectivity index (χ1v) is 9.28. The molecule has 0 bridgehead atoms. The summed E-state index contributed by atoms with van der Waals surface area (Å²) >= 11 is 0. The van der Waals surface area contributed by atoms with E-state index in [2.05, 4.69) is 15.4 Å². The molecule has 146 valence electrons. The Hall–Kier alpha value is -3.74. The zero-order valence-electron chi connectivity index (χ0n) is 16.3. The molecule has 0 unspecified atom stereocenters. The van der Waals surface area contributed by atoms with Gasteiger partial charge in [-0.25, -0.2) is 9.67 Å². The second-order valence-electron chi connectivity index (χ2n) is 7.07. The van der Waals surface area contributed by atoms with Gasteiger partial charge in [-0.05, 0) is 39.0 Å². The Bertz CT molecular complexity index is 1200. The molecule has 4 aromatic rings. The predicted octanol–water partition coefficient (Wildman–Crippen LogP) is 4.73. The molecule has 29 heavy (non-hydrogen) atoms. The van der Waals surface area contributed by atoms with Crippen LogP contribution in [0.1, 0.15) is 47.7 Å². The van der Waals surface area contributed by atoms with Gasteiger partial charge in [-0.2, -0.15) is 5.10 Å². The summed E-state index contributed by atoms with van der Waals surface area (Å²) in [5, 5.41) is 7.98. The molecule has 0 radical (unpaired) electrons. The third-order valence-electron chi connectivity index (χ3n) is 4.59. The normalized spacial score (nSPS) is 11.2. The van der Waals surface area contributed by atoms with E-state index in [1.54, 1.807) is 48.8 Å². The van der Waals surface area contributed by atoms with Crippen LogP contribution in [0.15, 0.2) is 59.3 Å². The summed E-state index contributed by atoms with van der Waals surface area (Å²) in [5.74, 6) is 0.375. The van der Waals surface area contributed by atoms with Gasteiger partial charge in [0.2, 0.25) is 0 Å². The Morgan fingerprint density at radius 3 is 2.52 bits per heavy atom. The van der Waals surface area contributed by atoms with Crippen LogP contribution in [-0.2, 0) is 0 Å². The molecule has 1 N–H and O–H groups in total. The molecule has 0 atom stereocenters. The van der Waals surface area contributed by atoms with E-state index in [4.69, 9.17) is 4.42 Å². The highest BCUT2D eigenvalue weighted by atomic mass is 16.3. The Balaban J connectivity index is 1.52. The van der Waals surface area contributed by atoms with Crippen LogP contribution in [0, 0.1) is 0 Å². The van der Waals surface area contributed by atoms with Crippen molar-refractivity contribution < 1.29 is 14.0 Å². The second-order valence-corrected chi connectivity index (χ2v) is 7.07. The van der Waals surface area contributed by atoms with Crippen molar-refractivity contribution in [3.05, 3.63) is 66.2 Å². The highest BCUT2D eigenvalue weighted by Crippen LogP contribution is 2.24. The maximum atomic E-state index is 12.6. The minimum atomic E-state index is -0.367. The molecule has 3 aromatic heterocycles. The predicted molar refractivity (Wildman–Crippen MR) is 110 cm³/mol. The molecular weight excluding hydrogens is 368 g/mol. The van der Waals surface area contributed by atoms with Gasteiger partial charge in [0.25, 0.3) is 5.91 Å². The van der Waals surface area contributed by atoms with Crippen molar-refractivity contribution >= 4 is 28.4 Å². The molecule has 0 aliphatic heterocycles. The van der Waals surface area contributed by atoms with Gasteiger partial charge in [-0.3, -0.25) is 9.59 Å². The van der Waals surface area contributed by atoms with E-state index in [1.165, 1.54) is 6.92 Å². The number of amides is 1. The number of aromatic nitrogens is 3. The first-order valence-electron chi connectivity index (χ1n) is 9.28. The van der Waals surface area contributed by atoms with Crippen LogP contribution in [0.4, 0.5) is 5.69 Å².